The fourth-order valence-corrected chi connectivity index (χ4v) is 4.26. The molecule has 2 aromatic carbocycles. The number of rotatable bonds is 9. The highest BCUT2D eigenvalue weighted by molar-refractivity contribution is 6.30. The Morgan fingerprint density at radius 2 is 1.67 bits per heavy atom. The van der Waals surface area contributed by atoms with Crippen LogP contribution in [-0.4, -0.2) is 35.4 Å². The van der Waals surface area contributed by atoms with Crippen molar-refractivity contribution in [2.24, 2.45) is 0 Å². The summed E-state index contributed by atoms with van der Waals surface area (Å²) in [6.07, 6.45) is 1.05. The minimum absolute atomic E-state index is 0.0515. The maximum atomic E-state index is 13.3. The number of halogens is 1. The summed E-state index contributed by atoms with van der Waals surface area (Å²) in [5.41, 5.74) is 2.99. The van der Waals surface area contributed by atoms with E-state index in [0.29, 0.717) is 34.8 Å². The van der Waals surface area contributed by atoms with Gasteiger partial charge in [-0.2, -0.15) is 5.26 Å². The largest absolute Gasteiger partial charge is 0.504 e. The summed E-state index contributed by atoms with van der Waals surface area (Å²) in [5, 5.41) is 31.4. The highest BCUT2D eigenvalue weighted by Crippen LogP contribution is 2.40. The SMILES string of the molecule is CC1=C(C(=O)OCCC#N)C(c2cccc(Cl)c2)C(C(=O)OCCCc2ccc(O)c(O)c2)=C(C)N1. The van der Waals surface area contributed by atoms with Gasteiger partial charge in [0.15, 0.2) is 11.5 Å². The minimum Gasteiger partial charge on any atom is -0.504 e. The van der Waals surface area contributed by atoms with E-state index < -0.39 is 17.9 Å². The number of carbonyl (C=O) groups is 2. The number of allylic oxidation sites excluding steroid dienone is 2. The average molecular weight is 511 g/mol. The lowest BCUT2D eigenvalue weighted by atomic mass is 9.80. The maximum absolute atomic E-state index is 13.3. The summed E-state index contributed by atoms with van der Waals surface area (Å²) in [6.45, 7) is 3.49. The molecular formula is C27H27ClN2O6. The lowest BCUT2D eigenvalue weighted by Gasteiger charge is -2.30. The number of hydrogen-bond donors (Lipinski definition) is 3. The molecule has 8 nitrogen and oxygen atoms in total. The number of benzene rings is 2. The number of phenolic OH excluding ortho intramolecular Hbond substituents is 2. The van der Waals surface area contributed by atoms with Gasteiger partial charge in [-0.05, 0) is 62.1 Å². The van der Waals surface area contributed by atoms with Gasteiger partial charge in [-0.1, -0.05) is 29.8 Å². The molecule has 2 aromatic rings. The fourth-order valence-electron chi connectivity index (χ4n) is 4.07. The zero-order chi connectivity index (χ0) is 26.2. The van der Waals surface area contributed by atoms with Crippen LogP contribution in [0.15, 0.2) is 65.0 Å². The number of hydrogen-bond acceptors (Lipinski definition) is 8. The van der Waals surface area contributed by atoms with Gasteiger partial charge < -0.3 is 25.0 Å². The Morgan fingerprint density at radius 3 is 2.28 bits per heavy atom. The van der Waals surface area contributed by atoms with Crippen molar-refractivity contribution in [1.82, 2.24) is 5.32 Å². The van der Waals surface area contributed by atoms with Crippen LogP contribution in [0.2, 0.25) is 5.02 Å². The van der Waals surface area contributed by atoms with Crippen LogP contribution >= 0.6 is 11.6 Å². The van der Waals surface area contributed by atoms with Crippen LogP contribution in [0.25, 0.3) is 0 Å². The number of carbonyl (C=O) groups excluding carboxylic acids is 2. The first-order valence-electron chi connectivity index (χ1n) is 11.4. The average Bonchev–Trinajstić information content (AvgIpc) is 2.83. The first-order chi connectivity index (χ1) is 17.2. The minimum atomic E-state index is -0.777. The molecule has 0 radical (unpaired) electrons. The van der Waals surface area contributed by atoms with Crippen molar-refractivity contribution in [3.63, 3.8) is 0 Å². The van der Waals surface area contributed by atoms with Crippen LogP contribution in [-0.2, 0) is 25.5 Å². The molecule has 3 N–H and O–H groups in total. The second-order valence-corrected chi connectivity index (χ2v) is 8.73. The molecule has 0 fully saturated rings. The number of phenols is 2. The molecule has 36 heavy (non-hydrogen) atoms. The van der Waals surface area contributed by atoms with E-state index in [4.69, 9.17) is 26.3 Å². The van der Waals surface area contributed by atoms with Crippen molar-refractivity contribution < 1.29 is 29.3 Å². The third kappa shape index (κ3) is 6.37. The summed E-state index contributed by atoms with van der Waals surface area (Å²) in [7, 11) is 0. The summed E-state index contributed by atoms with van der Waals surface area (Å²) in [5.74, 6) is -2.41. The molecule has 0 aromatic heterocycles. The van der Waals surface area contributed by atoms with E-state index in [1.54, 1.807) is 44.2 Å². The molecule has 1 aliphatic heterocycles. The summed E-state index contributed by atoms with van der Waals surface area (Å²) < 4.78 is 10.9. The number of esters is 2. The van der Waals surface area contributed by atoms with Gasteiger partial charge in [0, 0.05) is 16.4 Å². The van der Waals surface area contributed by atoms with Crippen molar-refractivity contribution in [2.45, 2.75) is 39.0 Å². The zero-order valence-electron chi connectivity index (χ0n) is 20.0. The van der Waals surface area contributed by atoms with Gasteiger partial charge in [-0.3, -0.25) is 0 Å². The number of nitriles is 1. The van der Waals surface area contributed by atoms with Crippen molar-refractivity contribution >= 4 is 23.5 Å². The van der Waals surface area contributed by atoms with E-state index in [-0.39, 0.29) is 42.3 Å². The third-order valence-corrected chi connectivity index (χ3v) is 5.95. The van der Waals surface area contributed by atoms with E-state index in [0.717, 1.165) is 5.56 Å². The Morgan fingerprint density at radius 1 is 1.00 bits per heavy atom. The van der Waals surface area contributed by atoms with Crippen molar-refractivity contribution in [2.75, 3.05) is 13.2 Å². The number of aromatic hydroxyl groups is 2. The molecule has 0 amide bonds. The Kier molecular flexibility index (Phi) is 8.98. The van der Waals surface area contributed by atoms with Gasteiger partial charge in [-0.15, -0.1) is 0 Å². The van der Waals surface area contributed by atoms with Crippen LogP contribution in [0.1, 0.15) is 43.7 Å². The van der Waals surface area contributed by atoms with E-state index in [2.05, 4.69) is 5.32 Å². The molecule has 1 aliphatic rings. The molecule has 0 saturated carbocycles. The fraction of sp³-hybridized carbons (Fsp3) is 0.296. The highest BCUT2D eigenvalue weighted by atomic mass is 35.5. The van der Waals surface area contributed by atoms with Crippen molar-refractivity contribution in [1.29, 1.82) is 5.26 Å². The van der Waals surface area contributed by atoms with E-state index in [1.807, 2.05) is 6.07 Å². The second-order valence-electron chi connectivity index (χ2n) is 8.30. The first kappa shape index (κ1) is 26.6. The van der Waals surface area contributed by atoms with Gasteiger partial charge in [0.05, 0.1) is 36.2 Å². The quantitative estimate of drug-likeness (QED) is 0.253. The summed E-state index contributed by atoms with van der Waals surface area (Å²) in [4.78, 5) is 26.3. The molecule has 1 unspecified atom stereocenters. The van der Waals surface area contributed by atoms with Crippen molar-refractivity contribution in [3.05, 3.63) is 81.2 Å². The number of nitrogens with one attached hydrogen (secondary N) is 1. The number of aryl methyl sites for hydroxylation is 1. The molecule has 0 saturated heterocycles. The van der Waals surface area contributed by atoms with Gasteiger partial charge in [0.1, 0.15) is 6.61 Å². The van der Waals surface area contributed by atoms with Crippen LogP contribution in [0, 0.1) is 11.3 Å². The topological polar surface area (TPSA) is 129 Å². The second kappa shape index (κ2) is 12.1. The van der Waals surface area contributed by atoms with Gasteiger partial charge >= 0.3 is 11.9 Å². The monoisotopic (exact) mass is 510 g/mol. The Hall–Kier alpha value is -3.96. The molecule has 1 heterocycles. The van der Waals surface area contributed by atoms with E-state index in [1.165, 1.54) is 12.1 Å². The standard InChI is InChI=1S/C27H27ClN2O6/c1-16-23(26(33)35-12-4-6-18-9-10-21(31)22(32)14-18)25(19-7-3-8-20(28)15-19)24(17(2)30-16)27(34)36-13-5-11-29/h3,7-10,14-15,25,30-32H,4-6,12-13H2,1-2H3. The lowest BCUT2D eigenvalue weighted by Crippen LogP contribution is -2.32. The van der Waals surface area contributed by atoms with Crippen LogP contribution in [0.3, 0.4) is 0 Å². The van der Waals surface area contributed by atoms with Crippen molar-refractivity contribution in [3.8, 4) is 17.6 Å². The Bertz CT molecular complexity index is 1260. The van der Waals surface area contributed by atoms with Crippen LogP contribution < -0.4 is 5.32 Å². The molecule has 188 valence electrons. The zero-order valence-corrected chi connectivity index (χ0v) is 20.8. The molecule has 1 atom stereocenters. The van der Waals surface area contributed by atoms with Gasteiger partial charge in [0.2, 0.25) is 0 Å². The molecule has 3 rings (SSSR count). The van der Waals surface area contributed by atoms with Crippen LogP contribution in [0.5, 0.6) is 11.5 Å². The predicted molar refractivity (Wildman–Crippen MR) is 133 cm³/mol. The highest BCUT2D eigenvalue weighted by Gasteiger charge is 2.38. The summed E-state index contributed by atoms with van der Waals surface area (Å²) in [6, 6.07) is 13.4. The molecule has 0 aliphatic carbocycles. The Balaban J connectivity index is 1.81. The lowest BCUT2D eigenvalue weighted by molar-refractivity contribution is -0.140. The third-order valence-electron chi connectivity index (χ3n) is 5.71. The van der Waals surface area contributed by atoms with E-state index >= 15 is 0 Å². The van der Waals surface area contributed by atoms with E-state index in [9.17, 15) is 19.8 Å². The number of nitrogens with zero attached hydrogens (tertiary/aromatic N) is 1. The predicted octanol–water partition coefficient (Wildman–Crippen LogP) is 4.62. The van der Waals surface area contributed by atoms with Gasteiger partial charge in [-0.25, -0.2) is 9.59 Å². The number of dihydropyridines is 1. The summed E-state index contributed by atoms with van der Waals surface area (Å²) >= 11 is 6.23. The molecule has 0 spiro atoms. The number of ether oxygens (including phenoxy) is 2. The Labute approximate surface area is 214 Å². The normalized spacial score (nSPS) is 15.2. The smallest absolute Gasteiger partial charge is 0.336 e. The molecular weight excluding hydrogens is 484 g/mol. The molecule has 0 bridgehead atoms. The first-order valence-corrected chi connectivity index (χ1v) is 11.8. The van der Waals surface area contributed by atoms with Crippen LogP contribution in [0.4, 0.5) is 0 Å². The molecule has 9 heteroatoms. The maximum Gasteiger partial charge on any atom is 0.336 e. The van der Waals surface area contributed by atoms with Gasteiger partial charge in [0.25, 0.3) is 0 Å².